The molecule has 3 rings (SSSR count). The first-order valence-corrected chi connectivity index (χ1v) is 12.1. The minimum absolute atomic E-state index is 0.00295. The zero-order valence-electron chi connectivity index (χ0n) is 17.9. The van der Waals surface area contributed by atoms with Crippen LogP contribution in [0.2, 0.25) is 0 Å². The molecule has 166 valence electrons. The van der Waals surface area contributed by atoms with E-state index in [0.717, 1.165) is 12.8 Å². The number of hydrogen-bond acceptors (Lipinski definition) is 6. The minimum atomic E-state index is -3.38. The number of carbonyl (C=O) groups is 2. The van der Waals surface area contributed by atoms with Crippen LogP contribution in [0, 0.1) is 6.92 Å². The SMILES string of the molecule is CNC(=O)c1cnc(C2CCCN(C(=O)CCCS(=O)(=O)c3ccccc3)C2)nc1C. The van der Waals surface area contributed by atoms with E-state index in [2.05, 4.69) is 15.3 Å². The van der Waals surface area contributed by atoms with E-state index in [4.69, 9.17) is 0 Å². The molecule has 0 bridgehead atoms. The van der Waals surface area contributed by atoms with Crippen LogP contribution in [-0.4, -0.2) is 61.0 Å². The molecule has 1 fully saturated rings. The molecule has 1 N–H and O–H groups in total. The first-order chi connectivity index (χ1) is 14.8. The molecule has 2 amide bonds. The molecule has 0 aliphatic carbocycles. The maximum absolute atomic E-state index is 12.7. The van der Waals surface area contributed by atoms with Gasteiger partial charge in [0, 0.05) is 38.7 Å². The molecule has 0 radical (unpaired) electrons. The van der Waals surface area contributed by atoms with E-state index < -0.39 is 9.84 Å². The highest BCUT2D eigenvalue weighted by atomic mass is 32.2. The number of nitrogens with one attached hydrogen (secondary N) is 1. The maximum atomic E-state index is 12.7. The predicted molar refractivity (Wildman–Crippen MR) is 116 cm³/mol. The fourth-order valence-electron chi connectivity index (χ4n) is 3.77. The normalized spacial score (nSPS) is 16.7. The lowest BCUT2D eigenvalue weighted by molar-refractivity contribution is -0.132. The molecule has 0 saturated carbocycles. The average molecular weight is 445 g/mol. The van der Waals surface area contributed by atoms with E-state index in [9.17, 15) is 18.0 Å². The number of carbonyl (C=O) groups excluding carboxylic acids is 2. The second-order valence-corrected chi connectivity index (χ2v) is 9.83. The van der Waals surface area contributed by atoms with Gasteiger partial charge in [-0.1, -0.05) is 18.2 Å². The highest BCUT2D eigenvalue weighted by molar-refractivity contribution is 7.91. The number of benzene rings is 1. The van der Waals surface area contributed by atoms with Crippen molar-refractivity contribution in [3.63, 3.8) is 0 Å². The third-order valence-corrected chi connectivity index (χ3v) is 7.33. The molecule has 9 heteroatoms. The first kappa shape index (κ1) is 22.9. The van der Waals surface area contributed by atoms with E-state index in [0.29, 0.717) is 30.2 Å². The zero-order valence-corrected chi connectivity index (χ0v) is 18.7. The van der Waals surface area contributed by atoms with E-state index >= 15 is 0 Å². The molecule has 31 heavy (non-hydrogen) atoms. The number of aromatic nitrogens is 2. The Bertz CT molecular complexity index is 1040. The summed E-state index contributed by atoms with van der Waals surface area (Å²) in [6.07, 6.45) is 3.71. The van der Waals surface area contributed by atoms with Crippen molar-refractivity contribution in [1.82, 2.24) is 20.2 Å². The number of aryl methyl sites for hydroxylation is 1. The van der Waals surface area contributed by atoms with Crippen LogP contribution < -0.4 is 5.32 Å². The van der Waals surface area contributed by atoms with Crippen LogP contribution in [0.25, 0.3) is 0 Å². The third-order valence-electron chi connectivity index (χ3n) is 5.51. The van der Waals surface area contributed by atoms with Gasteiger partial charge in [-0.2, -0.15) is 0 Å². The number of likely N-dealkylation sites (tertiary alicyclic amines) is 1. The monoisotopic (exact) mass is 444 g/mol. The molecule has 1 unspecified atom stereocenters. The van der Waals surface area contributed by atoms with Gasteiger partial charge in [0.1, 0.15) is 5.82 Å². The molecule has 2 aromatic rings. The van der Waals surface area contributed by atoms with Crippen LogP contribution in [0.15, 0.2) is 41.4 Å². The molecule has 1 atom stereocenters. The van der Waals surface area contributed by atoms with E-state index in [1.807, 2.05) is 0 Å². The van der Waals surface area contributed by atoms with E-state index in [1.165, 1.54) is 6.20 Å². The Labute approximate surface area is 183 Å². The Balaban J connectivity index is 1.57. The fraction of sp³-hybridized carbons (Fsp3) is 0.455. The van der Waals surface area contributed by atoms with Crippen LogP contribution in [0.1, 0.15) is 53.5 Å². The minimum Gasteiger partial charge on any atom is -0.355 e. The summed E-state index contributed by atoms with van der Waals surface area (Å²) in [5, 5.41) is 2.57. The quantitative estimate of drug-likeness (QED) is 0.700. The van der Waals surface area contributed by atoms with Crippen LogP contribution in [0.5, 0.6) is 0 Å². The number of rotatable bonds is 7. The van der Waals surface area contributed by atoms with Gasteiger partial charge in [0.25, 0.3) is 5.91 Å². The second-order valence-electron chi connectivity index (χ2n) is 7.72. The molecule has 1 aromatic heterocycles. The van der Waals surface area contributed by atoms with Gasteiger partial charge in [-0.25, -0.2) is 18.4 Å². The summed E-state index contributed by atoms with van der Waals surface area (Å²) in [4.78, 5) is 35.4. The lowest BCUT2D eigenvalue weighted by Crippen LogP contribution is -2.39. The Morgan fingerprint density at radius 2 is 1.97 bits per heavy atom. The predicted octanol–water partition coefficient (Wildman–Crippen LogP) is 2.10. The molecule has 1 aliphatic rings. The molecule has 8 nitrogen and oxygen atoms in total. The molecular weight excluding hydrogens is 416 g/mol. The summed E-state index contributed by atoms with van der Waals surface area (Å²) in [5.74, 6) is 0.308. The van der Waals surface area contributed by atoms with Gasteiger partial charge in [-0.3, -0.25) is 9.59 Å². The largest absolute Gasteiger partial charge is 0.355 e. The van der Waals surface area contributed by atoms with Gasteiger partial charge >= 0.3 is 0 Å². The fourth-order valence-corrected chi connectivity index (χ4v) is 5.10. The van der Waals surface area contributed by atoms with Crippen LogP contribution in [-0.2, 0) is 14.6 Å². The van der Waals surface area contributed by atoms with Crippen LogP contribution >= 0.6 is 0 Å². The number of amides is 2. The Morgan fingerprint density at radius 3 is 2.65 bits per heavy atom. The van der Waals surface area contributed by atoms with Crippen molar-refractivity contribution >= 4 is 21.7 Å². The highest BCUT2D eigenvalue weighted by Crippen LogP contribution is 2.25. The standard InChI is InChI=1S/C22H28N4O4S/c1-16-19(22(28)23-2)14-24-21(25-16)17-8-6-12-26(15-17)20(27)11-7-13-31(29,30)18-9-4-3-5-10-18/h3-5,9-10,14,17H,6-8,11-13,15H2,1-2H3,(H,23,28). The summed E-state index contributed by atoms with van der Waals surface area (Å²) in [6.45, 7) is 2.92. The van der Waals surface area contributed by atoms with Crippen LogP contribution in [0.4, 0.5) is 0 Å². The lowest BCUT2D eigenvalue weighted by Gasteiger charge is -2.32. The highest BCUT2D eigenvalue weighted by Gasteiger charge is 2.27. The first-order valence-electron chi connectivity index (χ1n) is 10.4. The number of sulfone groups is 1. The summed E-state index contributed by atoms with van der Waals surface area (Å²) < 4.78 is 24.8. The van der Waals surface area contributed by atoms with Crippen molar-refractivity contribution in [2.45, 2.75) is 43.4 Å². The van der Waals surface area contributed by atoms with E-state index in [1.54, 1.807) is 49.2 Å². The average Bonchev–Trinajstić information content (AvgIpc) is 2.79. The Morgan fingerprint density at radius 1 is 1.23 bits per heavy atom. The smallest absolute Gasteiger partial charge is 0.254 e. The topological polar surface area (TPSA) is 109 Å². The Hall–Kier alpha value is -2.81. The van der Waals surface area contributed by atoms with Gasteiger partial charge in [0.05, 0.1) is 21.9 Å². The number of nitrogens with zero attached hydrogens (tertiary/aromatic N) is 3. The van der Waals surface area contributed by atoms with Crippen molar-refractivity contribution in [3.8, 4) is 0 Å². The van der Waals surface area contributed by atoms with Gasteiger partial charge in [-0.15, -0.1) is 0 Å². The molecule has 0 spiro atoms. The number of hydrogen-bond donors (Lipinski definition) is 1. The summed E-state index contributed by atoms with van der Waals surface area (Å²) in [6, 6.07) is 8.30. The second kappa shape index (κ2) is 10.00. The van der Waals surface area contributed by atoms with E-state index in [-0.39, 0.29) is 41.2 Å². The zero-order chi connectivity index (χ0) is 22.4. The van der Waals surface area contributed by atoms with Crippen molar-refractivity contribution in [1.29, 1.82) is 0 Å². The lowest BCUT2D eigenvalue weighted by atomic mass is 9.96. The maximum Gasteiger partial charge on any atom is 0.254 e. The third kappa shape index (κ3) is 5.66. The summed E-state index contributed by atoms with van der Waals surface area (Å²) in [5.41, 5.74) is 1.05. The van der Waals surface area contributed by atoms with Gasteiger partial charge in [0.15, 0.2) is 9.84 Å². The van der Waals surface area contributed by atoms with Crippen molar-refractivity contribution < 1.29 is 18.0 Å². The van der Waals surface area contributed by atoms with Gasteiger partial charge in [0.2, 0.25) is 5.91 Å². The molecule has 1 saturated heterocycles. The molecule has 2 heterocycles. The summed E-state index contributed by atoms with van der Waals surface area (Å²) >= 11 is 0. The Kier molecular flexibility index (Phi) is 7.37. The van der Waals surface area contributed by atoms with Crippen molar-refractivity contribution in [3.05, 3.63) is 53.6 Å². The van der Waals surface area contributed by atoms with Crippen molar-refractivity contribution in [2.75, 3.05) is 25.9 Å². The summed E-state index contributed by atoms with van der Waals surface area (Å²) in [7, 11) is -1.82. The van der Waals surface area contributed by atoms with Crippen molar-refractivity contribution in [2.24, 2.45) is 0 Å². The van der Waals surface area contributed by atoms with Gasteiger partial charge in [-0.05, 0) is 38.3 Å². The van der Waals surface area contributed by atoms with Gasteiger partial charge < -0.3 is 10.2 Å². The van der Waals surface area contributed by atoms with Crippen LogP contribution in [0.3, 0.4) is 0 Å². The molecule has 1 aliphatic heterocycles. The molecular formula is C22H28N4O4S. The number of piperidine rings is 1. The molecule has 1 aromatic carbocycles.